The van der Waals surface area contributed by atoms with E-state index in [1.807, 2.05) is 31.2 Å². The second kappa shape index (κ2) is 8.84. The van der Waals surface area contributed by atoms with E-state index in [2.05, 4.69) is 21.2 Å². The number of nitrogens with zero attached hydrogens (tertiary/aromatic N) is 1. The summed E-state index contributed by atoms with van der Waals surface area (Å²) in [5.41, 5.74) is 1.11. The minimum Gasteiger partial charge on any atom is -0.349 e. The van der Waals surface area contributed by atoms with E-state index in [0.717, 1.165) is 21.4 Å². The Labute approximate surface area is 153 Å². The van der Waals surface area contributed by atoms with Gasteiger partial charge in [0.1, 0.15) is 0 Å². The summed E-state index contributed by atoms with van der Waals surface area (Å²) in [7, 11) is 0. The molecule has 1 unspecified atom stereocenters. The fourth-order valence-corrected chi connectivity index (χ4v) is 3.14. The molecule has 1 atom stereocenters. The molecule has 0 heterocycles. The van der Waals surface area contributed by atoms with Crippen molar-refractivity contribution in [1.29, 1.82) is 0 Å². The van der Waals surface area contributed by atoms with Crippen LogP contribution in [0.2, 0.25) is 0 Å². The van der Waals surface area contributed by atoms with Gasteiger partial charge >= 0.3 is 0 Å². The van der Waals surface area contributed by atoms with Crippen LogP contribution in [0.25, 0.3) is 0 Å². The SMILES string of the molecule is CCC(NC(=O)CSc1ccc([N+](=O)[O-])cc1)c1ccc(Br)cc1. The largest absolute Gasteiger partial charge is 0.349 e. The fraction of sp³-hybridized carbons (Fsp3) is 0.235. The third kappa shape index (κ3) is 5.35. The topological polar surface area (TPSA) is 72.2 Å². The number of nitrogens with one attached hydrogen (secondary N) is 1. The van der Waals surface area contributed by atoms with Crippen molar-refractivity contribution >= 4 is 39.3 Å². The normalized spacial score (nSPS) is 11.8. The molecule has 2 rings (SSSR count). The Morgan fingerprint density at radius 1 is 1.21 bits per heavy atom. The average Bonchev–Trinajstić information content (AvgIpc) is 2.59. The van der Waals surface area contributed by atoms with Crippen LogP contribution in [0, 0.1) is 10.1 Å². The number of halogens is 1. The number of nitro groups is 1. The molecule has 24 heavy (non-hydrogen) atoms. The first kappa shape index (κ1) is 18.5. The number of amides is 1. The molecule has 0 aliphatic carbocycles. The molecule has 1 N–H and O–H groups in total. The molecule has 0 saturated heterocycles. The maximum atomic E-state index is 12.2. The summed E-state index contributed by atoms with van der Waals surface area (Å²) < 4.78 is 1.00. The van der Waals surface area contributed by atoms with Gasteiger partial charge in [0.15, 0.2) is 0 Å². The number of nitro benzene ring substituents is 1. The second-order valence-corrected chi connectivity index (χ2v) is 7.08. The van der Waals surface area contributed by atoms with Gasteiger partial charge in [0.25, 0.3) is 5.69 Å². The quantitative estimate of drug-likeness (QED) is 0.408. The van der Waals surface area contributed by atoms with Gasteiger partial charge in [-0.15, -0.1) is 11.8 Å². The number of hydrogen-bond acceptors (Lipinski definition) is 4. The van der Waals surface area contributed by atoms with Crippen molar-refractivity contribution in [2.45, 2.75) is 24.3 Å². The highest BCUT2D eigenvalue weighted by Crippen LogP contribution is 2.23. The minimum atomic E-state index is -0.439. The van der Waals surface area contributed by atoms with Gasteiger partial charge in [-0.05, 0) is 36.2 Å². The van der Waals surface area contributed by atoms with Crippen molar-refractivity contribution in [2.75, 3.05) is 5.75 Å². The third-order valence-electron chi connectivity index (χ3n) is 3.43. The number of non-ortho nitro benzene ring substituents is 1. The Morgan fingerprint density at radius 2 is 1.83 bits per heavy atom. The van der Waals surface area contributed by atoms with Gasteiger partial charge in [-0.2, -0.15) is 0 Å². The zero-order valence-corrected chi connectivity index (χ0v) is 15.5. The highest BCUT2D eigenvalue weighted by atomic mass is 79.9. The minimum absolute atomic E-state index is 0.0249. The molecular weight excluding hydrogens is 392 g/mol. The lowest BCUT2D eigenvalue weighted by atomic mass is 10.0. The lowest BCUT2D eigenvalue weighted by Gasteiger charge is -2.17. The van der Waals surface area contributed by atoms with Crippen LogP contribution in [-0.4, -0.2) is 16.6 Å². The first-order valence-electron chi connectivity index (χ1n) is 7.41. The van der Waals surface area contributed by atoms with Crippen LogP contribution in [0.5, 0.6) is 0 Å². The maximum Gasteiger partial charge on any atom is 0.269 e. The molecule has 0 aromatic heterocycles. The van der Waals surface area contributed by atoms with Crippen molar-refractivity contribution in [3.8, 4) is 0 Å². The smallest absolute Gasteiger partial charge is 0.269 e. The summed E-state index contributed by atoms with van der Waals surface area (Å²) in [5, 5.41) is 13.6. The van der Waals surface area contributed by atoms with E-state index < -0.39 is 4.92 Å². The van der Waals surface area contributed by atoms with Crippen LogP contribution < -0.4 is 5.32 Å². The highest BCUT2D eigenvalue weighted by molar-refractivity contribution is 9.10. The van der Waals surface area contributed by atoms with E-state index in [-0.39, 0.29) is 23.4 Å². The summed E-state index contributed by atoms with van der Waals surface area (Å²) in [6.45, 7) is 2.02. The average molecular weight is 409 g/mol. The molecule has 126 valence electrons. The third-order valence-corrected chi connectivity index (χ3v) is 4.97. The summed E-state index contributed by atoms with van der Waals surface area (Å²) >= 11 is 4.76. The highest BCUT2D eigenvalue weighted by Gasteiger charge is 2.13. The molecule has 0 saturated carbocycles. The molecule has 7 heteroatoms. The number of thioether (sulfide) groups is 1. The van der Waals surface area contributed by atoms with Gasteiger partial charge in [-0.25, -0.2) is 0 Å². The van der Waals surface area contributed by atoms with Crippen LogP contribution in [0.3, 0.4) is 0 Å². The van der Waals surface area contributed by atoms with Crippen molar-refractivity contribution < 1.29 is 9.72 Å². The van der Waals surface area contributed by atoms with Gasteiger partial charge in [0.05, 0.1) is 16.7 Å². The Hall–Kier alpha value is -1.86. The molecule has 0 spiro atoms. The van der Waals surface area contributed by atoms with E-state index >= 15 is 0 Å². The molecule has 5 nitrogen and oxygen atoms in total. The van der Waals surface area contributed by atoms with Crippen LogP contribution in [0.4, 0.5) is 5.69 Å². The van der Waals surface area contributed by atoms with Crippen molar-refractivity contribution in [3.63, 3.8) is 0 Å². The van der Waals surface area contributed by atoms with Gasteiger partial charge in [0, 0.05) is 21.5 Å². The first-order chi connectivity index (χ1) is 11.5. The number of hydrogen-bond donors (Lipinski definition) is 1. The van der Waals surface area contributed by atoms with Gasteiger partial charge < -0.3 is 5.32 Å². The van der Waals surface area contributed by atoms with Crippen LogP contribution in [0.1, 0.15) is 24.9 Å². The number of rotatable bonds is 7. The van der Waals surface area contributed by atoms with E-state index in [1.54, 1.807) is 12.1 Å². The van der Waals surface area contributed by atoms with Gasteiger partial charge in [-0.3, -0.25) is 14.9 Å². The summed E-state index contributed by atoms with van der Waals surface area (Å²) in [6.07, 6.45) is 0.801. The van der Waals surface area contributed by atoms with Crippen LogP contribution in [0.15, 0.2) is 57.9 Å². The molecule has 0 aliphatic rings. The molecule has 0 fully saturated rings. The maximum absolute atomic E-state index is 12.2. The Morgan fingerprint density at radius 3 is 2.38 bits per heavy atom. The second-order valence-electron chi connectivity index (χ2n) is 5.12. The standard InChI is InChI=1S/C17H17BrN2O3S/c1-2-16(12-3-5-13(18)6-4-12)19-17(21)11-24-15-9-7-14(8-10-15)20(22)23/h3-10,16H,2,11H2,1H3,(H,19,21). The van der Waals surface area contributed by atoms with E-state index in [9.17, 15) is 14.9 Å². The predicted octanol–water partition coefficient (Wildman–Crippen LogP) is 4.72. The molecule has 2 aromatic rings. The predicted molar refractivity (Wildman–Crippen MR) is 99.1 cm³/mol. The molecule has 2 aromatic carbocycles. The lowest BCUT2D eigenvalue weighted by molar-refractivity contribution is -0.384. The zero-order chi connectivity index (χ0) is 17.5. The molecule has 0 bridgehead atoms. The zero-order valence-electron chi connectivity index (χ0n) is 13.1. The van der Waals surface area contributed by atoms with Crippen molar-refractivity contribution in [2.24, 2.45) is 0 Å². The van der Waals surface area contributed by atoms with Crippen LogP contribution in [-0.2, 0) is 4.79 Å². The number of benzene rings is 2. The molecule has 0 radical (unpaired) electrons. The Bertz CT molecular complexity index is 705. The summed E-state index contributed by atoms with van der Waals surface area (Å²) in [5.74, 6) is 0.207. The fourth-order valence-electron chi connectivity index (χ4n) is 2.17. The summed E-state index contributed by atoms with van der Waals surface area (Å²) in [4.78, 5) is 23.2. The van der Waals surface area contributed by atoms with Crippen LogP contribution >= 0.6 is 27.7 Å². The van der Waals surface area contributed by atoms with Gasteiger partial charge in [-0.1, -0.05) is 35.0 Å². The first-order valence-corrected chi connectivity index (χ1v) is 9.19. The summed E-state index contributed by atoms with van der Waals surface area (Å²) in [6, 6.07) is 14.1. The monoisotopic (exact) mass is 408 g/mol. The van der Waals surface area contributed by atoms with Gasteiger partial charge in [0.2, 0.25) is 5.91 Å². The van der Waals surface area contributed by atoms with Crippen molar-refractivity contribution in [3.05, 3.63) is 68.7 Å². The number of carbonyl (C=O) groups is 1. The Balaban J connectivity index is 1.89. The Kier molecular flexibility index (Phi) is 6.81. The van der Waals surface area contributed by atoms with E-state index in [4.69, 9.17) is 0 Å². The molecule has 0 aliphatic heterocycles. The van der Waals surface area contributed by atoms with Crippen molar-refractivity contribution in [1.82, 2.24) is 5.32 Å². The van der Waals surface area contributed by atoms with E-state index in [1.165, 1.54) is 23.9 Å². The molecule has 1 amide bonds. The lowest BCUT2D eigenvalue weighted by Crippen LogP contribution is -2.29. The number of carbonyl (C=O) groups excluding carboxylic acids is 1. The van der Waals surface area contributed by atoms with E-state index in [0.29, 0.717) is 0 Å². The molecular formula is C17H17BrN2O3S.